The van der Waals surface area contributed by atoms with Crippen LogP contribution in [0.15, 0.2) is 6.20 Å². The number of aliphatic hydroxyl groups is 3. The van der Waals surface area contributed by atoms with E-state index in [9.17, 15) is 15.3 Å². The van der Waals surface area contributed by atoms with Crippen LogP contribution in [0.5, 0.6) is 0 Å². The highest BCUT2D eigenvalue weighted by atomic mass is 16.5. The summed E-state index contributed by atoms with van der Waals surface area (Å²) in [5.74, 6) is 0. The third kappa shape index (κ3) is 3.16. The minimum Gasteiger partial charge on any atom is -0.394 e. The Kier molecular flexibility index (Phi) is 4.74. The summed E-state index contributed by atoms with van der Waals surface area (Å²) in [4.78, 5) is 0. The number of hydrogen-bond acceptors (Lipinski definition) is 7. The molecule has 1 aromatic rings. The normalized spacial score (nSPS) is 39.8. The first-order valence-electron chi connectivity index (χ1n) is 7.78. The van der Waals surface area contributed by atoms with Gasteiger partial charge in [0.15, 0.2) is 6.23 Å². The van der Waals surface area contributed by atoms with Gasteiger partial charge in [-0.2, -0.15) is 0 Å². The summed E-state index contributed by atoms with van der Waals surface area (Å²) in [5, 5.41) is 37.1. The maximum absolute atomic E-state index is 9.88. The number of rotatable bonds is 3. The molecule has 3 heterocycles. The Balaban J connectivity index is 1.70. The molecule has 0 bridgehead atoms. The number of aromatic nitrogens is 3. The van der Waals surface area contributed by atoms with E-state index in [0.717, 1.165) is 19.3 Å². The highest BCUT2D eigenvalue weighted by Gasteiger charge is 2.38. The van der Waals surface area contributed by atoms with Crippen LogP contribution in [0.4, 0.5) is 0 Å². The molecule has 8 nitrogen and oxygen atoms in total. The number of hydrogen-bond donors (Lipinski definition) is 3. The molecule has 124 valence electrons. The zero-order valence-electron chi connectivity index (χ0n) is 12.6. The van der Waals surface area contributed by atoms with Crippen molar-refractivity contribution in [2.75, 3.05) is 6.61 Å². The van der Waals surface area contributed by atoms with E-state index in [1.807, 2.05) is 6.92 Å². The Bertz CT molecular complexity index is 497. The molecule has 0 saturated carbocycles. The maximum Gasteiger partial charge on any atom is 0.152 e. The average molecular weight is 313 g/mol. The van der Waals surface area contributed by atoms with Crippen molar-refractivity contribution in [1.82, 2.24) is 15.0 Å². The lowest BCUT2D eigenvalue weighted by Crippen LogP contribution is -2.47. The van der Waals surface area contributed by atoms with E-state index in [1.165, 1.54) is 0 Å². The second-order valence-corrected chi connectivity index (χ2v) is 6.10. The van der Waals surface area contributed by atoms with Gasteiger partial charge in [0.1, 0.15) is 24.0 Å². The van der Waals surface area contributed by atoms with Crippen LogP contribution in [0.3, 0.4) is 0 Å². The summed E-state index contributed by atoms with van der Waals surface area (Å²) in [6.07, 6.45) is 1.72. The monoisotopic (exact) mass is 313 g/mol. The van der Waals surface area contributed by atoms with Crippen molar-refractivity contribution in [3.05, 3.63) is 11.9 Å². The van der Waals surface area contributed by atoms with Crippen molar-refractivity contribution in [3.8, 4) is 0 Å². The van der Waals surface area contributed by atoms with E-state index in [-0.39, 0.29) is 25.4 Å². The predicted molar refractivity (Wildman–Crippen MR) is 74.8 cm³/mol. The van der Waals surface area contributed by atoms with Gasteiger partial charge in [0.05, 0.1) is 25.0 Å². The zero-order valence-corrected chi connectivity index (χ0v) is 12.6. The molecule has 0 aromatic carbocycles. The van der Waals surface area contributed by atoms with E-state index < -0.39 is 24.4 Å². The SMILES string of the molecule is CC1CCCC(n2cc([C@@H]3CC(O)[C@H](O)C(CO)O3)nn2)O1. The second-order valence-electron chi connectivity index (χ2n) is 6.10. The first-order valence-corrected chi connectivity index (χ1v) is 7.78. The molecule has 2 saturated heterocycles. The third-order valence-corrected chi connectivity index (χ3v) is 4.35. The van der Waals surface area contributed by atoms with Gasteiger partial charge >= 0.3 is 0 Å². The van der Waals surface area contributed by atoms with Crippen LogP contribution >= 0.6 is 0 Å². The van der Waals surface area contributed by atoms with Gasteiger partial charge in [-0.3, -0.25) is 0 Å². The smallest absolute Gasteiger partial charge is 0.152 e. The summed E-state index contributed by atoms with van der Waals surface area (Å²) in [6.45, 7) is 1.68. The zero-order chi connectivity index (χ0) is 15.7. The van der Waals surface area contributed by atoms with Gasteiger partial charge in [0.25, 0.3) is 0 Å². The maximum atomic E-state index is 9.88. The van der Waals surface area contributed by atoms with Crippen LogP contribution < -0.4 is 0 Å². The minimum absolute atomic E-state index is 0.127. The molecular formula is C14H23N3O5. The summed E-state index contributed by atoms with van der Waals surface area (Å²) >= 11 is 0. The van der Waals surface area contributed by atoms with Crippen molar-refractivity contribution in [2.24, 2.45) is 0 Å². The van der Waals surface area contributed by atoms with Gasteiger partial charge in [-0.1, -0.05) is 5.21 Å². The Morgan fingerprint density at radius 2 is 2.14 bits per heavy atom. The lowest BCUT2D eigenvalue weighted by atomic mass is 9.97. The summed E-state index contributed by atoms with van der Waals surface area (Å²) in [7, 11) is 0. The van der Waals surface area contributed by atoms with Crippen LogP contribution in [0, 0.1) is 0 Å². The molecule has 8 heteroatoms. The van der Waals surface area contributed by atoms with Gasteiger partial charge in [0, 0.05) is 6.42 Å². The highest BCUT2D eigenvalue weighted by Crippen LogP contribution is 2.32. The minimum atomic E-state index is -1.08. The molecule has 0 amide bonds. The molecule has 0 radical (unpaired) electrons. The van der Waals surface area contributed by atoms with Crippen LogP contribution in [-0.4, -0.2) is 61.3 Å². The quantitative estimate of drug-likeness (QED) is 0.715. The van der Waals surface area contributed by atoms with Crippen LogP contribution in [0.1, 0.15) is 50.6 Å². The molecule has 4 unspecified atom stereocenters. The molecule has 22 heavy (non-hydrogen) atoms. The summed E-state index contributed by atoms with van der Waals surface area (Å²) in [6, 6.07) is 0. The van der Waals surface area contributed by atoms with Gasteiger partial charge in [-0.25, -0.2) is 4.68 Å². The molecular weight excluding hydrogens is 290 g/mol. The lowest BCUT2D eigenvalue weighted by molar-refractivity contribution is -0.182. The fraction of sp³-hybridized carbons (Fsp3) is 0.857. The van der Waals surface area contributed by atoms with Gasteiger partial charge < -0.3 is 24.8 Å². The molecule has 2 aliphatic heterocycles. The molecule has 6 atom stereocenters. The summed E-state index contributed by atoms with van der Waals surface area (Å²) < 4.78 is 13.1. The number of aliphatic hydroxyl groups excluding tert-OH is 3. The number of ether oxygens (including phenoxy) is 2. The van der Waals surface area contributed by atoms with Crippen molar-refractivity contribution >= 4 is 0 Å². The van der Waals surface area contributed by atoms with Crippen molar-refractivity contribution < 1.29 is 24.8 Å². The van der Waals surface area contributed by atoms with Crippen molar-refractivity contribution in [3.63, 3.8) is 0 Å². The number of nitrogens with zero attached hydrogens (tertiary/aromatic N) is 3. The van der Waals surface area contributed by atoms with Crippen LogP contribution in [-0.2, 0) is 9.47 Å². The molecule has 2 fully saturated rings. The average Bonchev–Trinajstić information content (AvgIpc) is 3.00. The molecule has 0 spiro atoms. The van der Waals surface area contributed by atoms with Crippen molar-refractivity contribution in [1.29, 1.82) is 0 Å². The Morgan fingerprint density at radius 3 is 2.86 bits per heavy atom. The molecule has 1 aromatic heterocycles. The predicted octanol–water partition coefficient (Wildman–Crippen LogP) is -0.0902. The van der Waals surface area contributed by atoms with E-state index in [1.54, 1.807) is 10.9 Å². The Hall–Kier alpha value is -1.06. The Labute approximate surface area is 128 Å². The topological polar surface area (TPSA) is 110 Å². The highest BCUT2D eigenvalue weighted by molar-refractivity contribution is 5.02. The molecule has 2 aliphatic rings. The first-order chi connectivity index (χ1) is 10.6. The summed E-state index contributed by atoms with van der Waals surface area (Å²) in [5.41, 5.74) is 0.575. The second kappa shape index (κ2) is 6.59. The Morgan fingerprint density at radius 1 is 1.32 bits per heavy atom. The standard InChI is InChI=1S/C14H23N3O5/c1-8-3-2-4-13(21-8)17-6-9(15-16-17)11-5-10(19)14(20)12(7-18)22-11/h6,8,10-14,18-20H,2-5,7H2,1H3/t8?,10?,11-,12?,13?,14-/m0/s1. The molecule has 3 rings (SSSR count). The van der Waals surface area contributed by atoms with Gasteiger partial charge in [-0.05, 0) is 26.2 Å². The first kappa shape index (κ1) is 15.8. The van der Waals surface area contributed by atoms with Crippen LogP contribution in [0.25, 0.3) is 0 Å². The van der Waals surface area contributed by atoms with E-state index >= 15 is 0 Å². The molecule has 0 aliphatic carbocycles. The van der Waals surface area contributed by atoms with Crippen LogP contribution in [0.2, 0.25) is 0 Å². The van der Waals surface area contributed by atoms with Gasteiger partial charge in [-0.15, -0.1) is 5.10 Å². The van der Waals surface area contributed by atoms with Crippen molar-refractivity contribution in [2.45, 2.75) is 69.4 Å². The van der Waals surface area contributed by atoms with E-state index in [2.05, 4.69) is 10.3 Å². The molecule has 3 N–H and O–H groups in total. The third-order valence-electron chi connectivity index (χ3n) is 4.35. The fourth-order valence-electron chi connectivity index (χ4n) is 3.05. The lowest BCUT2D eigenvalue weighted by Gasteiger charge is -2.35. The van der Waals surface area contributed by atoms with Gasteiger partial charge in [0.2, 0.25) is 0 Å². The fourth-order valence-corrected chi connectivity index (χ4v) is 3.05. The van der Waals surface area contributed by atoms with E-state index in [4.69, 9.17) is 9.47 Å². The van der Waals surface area contributed by atoms with E-state index in [0.29, 0.717) is 5.69 Å². The largest absolute Gasteiger partial charge is 0.394 e.